The molecule has 1 aromatic rings. The minimum atomic E-state index is 0.0440. The Bertz CT molecular complexity index is 697. The van der Waals surface area contributed by atoms with E-state index in [1.54, 1.807) is 20.3 Å². The second-order valence-corrected chi connectivity index (χ2v) is 6.52. The Morgan fingerprint density at radius 3 is 2.84 bits per heavy atom. The molecular formula is C20H25NO4. The fourth-order valence-corrected chi connectivity index (χ4v) is 3.79. The van der Waals surface area contributed by atoms with Gasteiger partial charge in [0.2, 0.25) is 5.91 Å². The molecule has 3 rings (SSSR count). The fourth-order valence-electron chi connectivity index (χ4n) is 3.79. The molecule has 0 aliphatic carbocycles. The van der Waals surface area contributed by atoms with E-state index in [0.29, 0.717) is 17.9 Å². The minimum absolute atomic E-state index is 0.0440. The first kappa shape index (κ1) is 17.5. The van der Waals surface area contributed by atoms with Crippen molar-refractivity contribution in [1.29, 1.82) is 0 Å². The summed E-state index contributed by atoms with van der Waals surface area (Å²) in [6.45, 7) is 8.76. The molecule has 5 heteroatoms. The van der Waals surface area contributed by atoms with Crippen LogP contribution in [0, 0.1) is 5.92 Å². The van der Waals surface area contributed by atoms with E-state index in [4.69, 9.17) is 14.2 Å². The van der Waals surface area contributed by atoms with Crippen LogP contribution < -0.4 is 9.47 Å². The standard InChI is InChI=1S/C20H25NO4/c1-5-13(2)15-8-17-16-11-19(25-12-23-3)18(24-4)9-14(16)6-7-21(17)20(22)10-15/h5,9,11,15,17H,1-2,6-8,10,12H2,3-4H3/t15-,17+/m1/s1. The number of hydrogen-bond donors (Lipinski definition) is 0. The van der Waals surface area contributed by atoms with Gasteiger partial charge in [-0.05, 0) is 42.0 Å². The number of rotatable bonds is 6. The summed E-state index contributed by atoms with van der Waals surface area (Å²) >= 11 is 0. The molecule has 0 N–H and O–H groups in total. The van der Waals surface area contributed by atoms with Gasteiger partial charge >= 0.3 is 0 Å². The van der Waals surface area contributed by atoms with Gasteiger partial charge in [0, 0.05) is 20.1 Å². The van der Waals surface area contributed by atoms with Gasteiger partial charge in [-0.2, -0.15) is 0 Å². The van der Waals surface area contributed by atoms with Gasteiger partial charge < -0.3 is 19.1 Å². The summed E-state index contributed by atoms with van der Waals surface area (Å²) < 4.78 is 16.1. The van der Waals surface area contributed by atoms with Crippen LogP contribution in [0.15, 0.2) is 36.9 Å². The number of ether oxygens (including phenoxy) is 3. The average molecular weight is 343 g/mol. The van der Waals surface area contributed by atoms with Crippen molar-refractivity contribution < 1.29 is 19.0 Å². The van der Waals surface area contributed by atoms with E-state index >= 15 is 0 Å². The summed E-state index contributed by atoms with van der Waals surface area (Å²) in [6.07, 6.45) is 3.96. The summed E-state index contributed by atoms with van der Waals surface area (Å²) in [5.74, 6) is 1.66. The Balaban J connectivity index is 1.97. The molecule has 0 unspecified atom stereocenters. The monoisotopic (exact) mass is 343 g/mol. The number of hydrogen-bond acceptors (Lipinski definition) is 4. The zero-order chi connectivity index (χ0) is 18.0. The van der Waals surface area contributed by atoms with E-state index in [9.17, 15) is 4.79 Å². The Labute approximate surface area is 148 Å². The highest BCUT2D eigenvalue weighted by Crippen LogP contribution is 2.44. The summed E-state index contributed by atoms with van der Waals surface area (Å²) in [6, 6.07) is 4.06. The molecule has 2 aliphatic heterocycles. The van der Waals surface area contributed by atoms with Crippen molar-refractivity contribution >= 4 is 5.91 Å². The number of piperidine rings is 1. The summed E-state index contributed by atoms with van der Waals surface area (Å²) in [4.78, 5) is 14.6. The second-order valence-electron chi connectivity index (χ2n) is 6.52. The van der Waals surface area contributed by atoms with Gasteiger partial charge in [0.25, 0.3) is 0 Å². The van der Waals surface area contributed by atoms with Gasteiger partial charge in [-0.3, -0.25) is 4.79 Å². The first-order valence-corrected chi connectivity index (χ1v) is 8.52. The van der Waals surface area contributed by atoms with Crippen molar-refractivity contribution in [3.8, 4) is 11.5 Å². The maximum atomic E-state index is 12.6. The number of allylic oxidation sites excluding steroid dienone is 2. The molecule has 25 heavy (non-hydrogen) atoms. The third-order valence-electron chi connectivity index (χ3n) is 5.15. The molecule has 2 heterocycles. The first-order chi connectivity index (χ1) is 12.1. The van der Waals surface area contributed by atoms with Crippen LogP contribution in [0.5, 0.6) is 11.5 Å². The number of carbonyl (C=O) groups is 1. The molecule has 0 spiro atoms. The van der Waals surface area contributed by atoms with Gasteiger partial charge in [-0.1, -0.05) is 24.8 Å². The van der Waals surface area contributed by atoms with Crippen LogP contribution in [0.2, 0.25) is 0 Å². The number of carbonyl (C=O) groups excluding carboxylic acids is 1. The number of amides is 1. The number of methoxy groups -OCH3 is 2. The summed E-state index contributed by atoms with van der Waals surface area (Å²) in [7, 11) is 3.21. The van der Waals surface area contributed by atoms with E-state index in [1.165, 1.54) is 5.56 Å². The molecule has 2 atom stereocenters. The predicted octanol–water partition coefficient (Wildman–Crippen LogP) is 3.26. The van der Waals surface area contributed by atoms with Crippen LogP contribution in [0.4, 0.5) is 0 Å². The molecule has 1 amide bonds. The quantitative estimate of drug-likeness (QED) is 0.588. The van der Waals surface area contributed by atoms with Crippen LogP contribution in [-0.2, 0) is 16.0 Å². The van der Waals surface area contributed by atoms with Gasteiger partial charge in [-0.15, -0.1) is 0 Å². The maximum Gasteiger partial charge on any atom is 0.223 e. The molecule has 134 valence electrons. The smallest absolute Gasteiger partial charge is 0.223 e. The van der Waals surface area contributed by atoms with E-state index in [2.05, 4.69) is 13.2 Å². The van der Waals surface area contributed by atoms with Crippen molar-refractivity contribution in [3.05, 3.63) is 48.1 Å². The van der Waals surface area contributed by atoms with E-state index in [0.717, 1.165) is 30.5 Å². The molecule has 0 aromatic heterocycles. The molecule has 1 fully saturated rings. The highest BCUT2D eigenvalue weighted by Gasteiger charge is 2.38. The largest absolute Gasteiger partial charge is 0.493 e. The third kappa shape index (κ3) is 3.29. The Morgan fingerprint density at radius 2 is 2.16 bits per heavy atom. The first-order valence-electron chi connectivity index (χ1n) is 8.52. The van der Waals surface area contributed by atoms with Gasteiger partial charge in [-0.25, -0.2) is 0 Å². The zero-order valence-corrected chi connectivity index (χ0v) is 14.9. The molecule has 0 bridgehead atoms. The van der Waals surface area contributed by atoms with Crippen LogP contribution in [-0.4, -0.2) is 38.4 Å². The SMILES string of the molecule is C=CC(=C)[C@H]1CC(=O)N2CCc3cc(OC)c(OCOC)cc3[C@@H]2C1. The van der Waals surface area contributed by atoms with Crippen molar-refractivity contribution in [3.63, 3.8) is 0 Å². The minimum Gasteiger partial charge on any atom is -0.493 e. The normalized spacial score (nSPS) is 22.0. The van der Waals surface area contributed by atoms with Crippen molar-refractivity contribution in [2.45, 2.75) is 25.3 Å². The fraction of sp³-hybridized carbons (Fsp3) is 0.450. The van der Waals surface area contributed by atoms with Crippen LogP contribution >= 0.6 is 0 Å². The number of nitrogens with zero attached hydrogens (tertiary/aromatic N) is 1. The molecule has 0 radical (unpaired) electrons. The van der Waals surface area contributed by atoms with E-state index < -0.39 is 0 Å². The Kier molecular flexibility index (Phi) is 5.13. The van der Waals surface area contributed by atoms with Crippen molar-refractivity contribution in [1.82, 2.24) is 4.90 Å². The number of benzene rings is 1. The van der Waals surface area contributed by atoms with Crippen LogP contribution in [0.3, 0.4) is 0 Å². The third-order valence-corrected chi connectivity index (χ3v) is 5.15. The van der Waals surface area contributed by atoms with E-state index in [1.807, 2.05) is 17.0 Å². The highest BCUT2D eigenvalue weighted by atomic mass is 16.7. The highest BCUT2D eigenvalue weighted by molar-refractivity contribution is 5.79. The molecule has 0 saturated carbocycles. The lowest BCUT2D eigenvalue weighted by atomic mass is 9.79. The van der Waals surface area contributed by atoms with Crippen molar-refractivity contribution in [2.24, 2.45) is 5.92 Å². The summed E-state index contributed by atoms with van der Waals surface area (Å²) in [5, 5.41) is 0. The lowest BCUT2D eigenvalue weighted by molar-refractivity contribution is -0.138. The average Bonchev–Trinajstić information content (AvgIpc) is 2.64. The summed E-state index contributed by atoms with van der Waals surface area (Å²) in [5.41, 5.74) is 3.28. The predicted molar refractivity (Wildman–Crippen MR) is 95.7 cm³/mol. The van der Waals surface area contributed by atoms with Crippen molar-refractivity contribution in [2.75, 3.05) is 27.6 Å². The molecule has 1 aromatic carbocycles. The lowest BCUT2D eigenvalue weighted by Gasteiger charge is -2.43. The lowest BCUT2D eigenvalue weighted by Crippen LogP contribution is -2.45. The zero-order valence-electron chi connectivity index (χ0n) is 14.9. The Hall–Kier alpha value is -2.27. The maximum absolute atomic E-state index is 12.6. The molecule has 2 aliphatic rings. The number of fused-ring (bicyclic) bond motifs is 3. The van der Waals surface area contributed by atoms with Gasteiger partial charge in [0.05, 0.1) is 13.2 Å². The van der Waals surface area contributed by atoms with Gasteiger partial charge in [0.1, 0.15) is 0 Å². The Morgan fingerprint density at radius 1 is 1.36 bits per heavy atom. The van der Waals surface area contributed by atoms with Crippen LogP contribution in [0.1, 0.15) is 30.0 Å². The second kappa shape index (κ2) is 7.31. The molecule has 5 nitrogen and oxygen atoms in total. The topological polar surface area (TPSA) is 48.0 Å². The molecule has 1 saturated heterocycles. The van der Waals surface area contributed by atoms with Crippen LogP contribution in [0.25, 0.3) is 0 Å². The van der Waals surface area contributed by atoms with E-state index in [-0.39, 0.29) is 24.7 Å². The molecular weight excluding hydrogens is 318 g/mol. The van der Waals surface area contributed by atoms with Gasteiger partial charge in [0.15, 0.2) is 18.3 Å².